The lowest BCUT2D eigenvalue weighted by atomic mass is 10.2. The molecule has 1 N–H and O–H groups in total. The van der Waals surface area contributed by atoms with Crippen LogP contribution in [0, 0.1) is 0 Å². The van der Waals surface area contributed by atoms with Gasteiger partial charge >= 0.3 is 0 Å². The summed E-state index contributed by atoms with van der Waals surface area (Å²) < 4.78 is 1.68. The average Bonchev–Trinajstić information content (AvgIpc) is 3.23. The molecule has 0 saturated carbocycles. The van der Waals surface area contributed by atoms with E-state index in [4.69, 9.17) is 0 Å². The summed E-state index contributed by atoms with van der Waals surface area (Å²) in [5, 5.41) is 17.1. The number of anilines is 1. The van der Waals surface area contributed by atoms with Gasteiger partial charge in [0.2, 0.25) is 16.2 Å². The Morgan fingerprint density at radius 3 is 2.79 bits per heavy atom. The van der Waals surface area contributed by atoms with Gasteiger partial charge in [-0.15, -0.1) is 15.3 Å². The molecule has 24 heavy (non-hydrogen) atoms. The molecule has 3 rings (SSSR count). The van der Waals surface area contributed by atoms with Gasteiger partial charge in [0.25, 0.3) is 0 Å². The number of aromatic nitrogens is 5. The summed E-state index contributed by atoms with van der Waals surface area (Å²) in [7, 11) is 0. The third-order valence-corrected chi connectivity index (χ3v) is 5.00. The van der Waals surface area contributed by atoms with Crippen molar-refractivity contribution in [3.63, 3.8) is 0 Å². The van der Waals surface area contributed by atoms with Crippen molar-refractivity contribution >= 4 is 34.1 Å². The fourth-order valence-electron chi connectivity index (χ4n) is 1.82. The van der Waals surface area contributed by atoms with Gasteiger partial charge in [0, 0.05) is 5.92 Å². The molecular weight excluding hydrogens is 344 g/mol. The Labute approximate surface area is 147 Å². The number of carbonyl (C=O) groups is 1. The molecule has 124 valence electrons. The monoisotopic (exact) mass is 360 g/mol. The maximum Gasteiger partial charge on any atom is 0.236 e. The van der Waals surface area contributed by atoms with Crippen LogP contribution >= 0.6 is 23.1 Å². The fraction of sp³-hybridized carbons (Fsp3) is 0.267. The van der Waals surface area contributed by atoms with Crippen LogP contribution in [0.1, 0.15) is 24.8 Å². The Balaban J connectivity index is 1.54. The molecule has 0 unspecified atom stereocenters. The number of hydrogen-bond acceptors (Lipinski definition) is 7. The predicted octanol–water partition coefficient (Wildman–Crippen LogP) is 2.97. The van der Waals surface area contributed by atoms with Gasteiger partial charge in [-0.3, -0.25) is 10.1 Å². The van der Waals surface area contributed by atoms with E-state index >= 15 is 0 Å². The quantitative estimate of drug-likeness (QED) is 0.680. The van der Waals surface area contributed by atoms with Crippen LogP contribution < -0.4 is 5.32 Å². The number of carbonyl (C=O) groups excluding carboxylic acids is 1. The van der Waals surface area contributed by atoms with E-state index < -0.39 is 0 Å². The van der Waals surface area contributed by atoms with Gasteiger partial charge in [-0.2, -0.15) is 0 Å². The van der Waals surface area contributed by atoms with Crippen molar-refractivity contribution in [3.05, 3.63) is 41.7 Å². The maximum atomic E-state index is 12.0. The first-order chi connectivity index (χ1) is 11.6. The zero-order valence-corrected chi connectivity index (χ0v) is 14.8. The Hall–Kier alpha value is -2.26. The van der Waals surface area contributed by atoms with Crippen molar-refractivity contribution in [2.75, 3.05) is 11.1 Å². The van der Waals surface area contributed by atoms with Crippen LogP contribution in [0.5, 0.6) is 0 Å². The van der Waals surface area contributed by atoms with Crippen LogP contribution in [-0.4, -0.2) is 36.6 Å². The van der Waals surface area contributed by atoms with Gasteiger partial charge in [0.05, 0.1) is 11.4 Å². The highest BCUT2D eigenvalue weighted by atomic mass is 32.2. The van der Waals surface area contributed by atoms with E-state index in [0.717, 1.165) is 10.7 Å². The van der Waals surface area contributed by atoms with Gasteiger partial charge in [-0.05, 0) is 12.1 Å². The van der Waals surface area contributed by atoms with E-state index in [0.29, 0.717) is 16.2 Å². The summed E-state index contributed by atoms with van der Waals surface area (Å²) in [6.45, 7) is 4.08. The second kappa shape index (κ2) is 7.54. The molecule has 0 radical (unpaired) electrons. The molecule has 3 aromatic rings. The molecule has 0 aliphatic heterocycles. The minimum atomic E-state index is -0.150. The third kappa shape index (κ3) is 4.18. The summed E-state index contributed by atoms with van der Waals surface area (Å²) >= 11 is 2.67. The summed E-state index contributed by atoms with van der Waals surface area (Å²) in [6.07, 6.45) is 1.63. The number of amides is 1. The van der Waals surface area contributed by atoms with Crippen molar-refractivity contribution in [3.8, 4) is 5.69 Å². The van der Waals surface area contributed by atoms with E-state index in [1.54, 1.807) is 11.0 Å². The highest BCUT2D eigenvalue weighted by molar-refractivity contribution is 7.99. The summed E-state index contributed by atoms with van der Waals surface area (Å²) in [6, 6.07) is 9.70. The number of thioether (sulfide) groups is 1. The van der Waals surface area contributed by atoms with Crippen molar-refractivity contribution in [2.45, 2.75) is 24.9 Å². The molecule has 9 heteroatoms. The first kappa shape index (κ1) is 16.6. The van der Waals surface area contributed by atoms with Crippen molar-refractivity contribution in [2.24, 2.45) is 0 Å². The van der Waals surface area contributed by atoms with Crippen LogP contribution in [0.3, 0.4) is 0 Å². The van der Waals surface area contributed by atoms with Gasteiger partial charge in [0.15, 0.2) is 0 Å². The van der Waals surface area contributed by atoms with Gasteiger partial charge in [-0.25, -0.2) is 9.67 Å². The van der Waals surface area contributed by atoms with E-state index in [2.05, 4.69) is 25.6 Å². The maximum absolute atomic E-state index is 12.0. The summed E-state index contributed by atoms with van der Waals surface area (Å²) in [4.78, 5) is 16.2. The predicted molar refractivity (Wildman–Crippen MR) is 94.7 cm³/mol. The Morgan fingerprint density at radius 1 is 1.29 bits per heavy atom. The highest BCUT2D eigenvalue weighted by Crippen LogP contribution is 2.22. The van der Waals surface area contributed by atoms with Crippen LogP contribution in [-0.2, 0) is 4.79 Å². The molecule has 0 aliphatic rings. The number of nitrogens with one attached hydrogen (secondary N) is 1. The van der Waals surface area contributed by atoms with Crippen LogP contribution in [0.25, 0.3) is 5.69 Å². The SMILES string of the molecule is CC(C)c1nnc(NC(=O)CSc2ncn(-c3ccccc3)n2)s1. The number of nitrogens with zero attached hydrogens (tertiary/aromatic N) is 5. The Kier molecular flexibility index (Phi) is 5.21. The number of para-hydroxylation sites is 1. The van der Waals surface area contributed by atoms with Crippen LogP contribution in [0.2, 0.25) is 0 Å². The lowest BCUT2D eigenvalue weighted by Crippen LogP contribution is -2.14. The first-order valence-electron chi connectivity index (χ1n) is 7.35. The molecule has 1 aromatic carbocycles. The van der Waals surface area contributed by atoms with Gasteiger partial charge in [-0.1, -0.05) is 55.1 Å². The van der Waals surface area contributed by atoms with Crippen LogP contribution in [0.15, 0.2) is 41.8 Å². The van der Waals surface area contributed by atoms with Crippen molar-refractivity contribution in [1.29, 1.82) is 0 Å². The van der Waals surface area contributed by atoms with Crippen LogP contribution in [0.4, 0.5) is 5.13 Å². The zero-order valence-electron chi connectivity index (χ0n) is 13.2. The minimum absolute atomic E-state index is 0.150. The average molecular weight is 360 g/mol. The molecule has 0 atom stereocenters. The van der Waals surface area contributed by atoms with E-state index in [1.165, 1.54) is 23.1 Å². The summed E-state index contributed by atoms with van der Waals surface area (Å²) in [5.41, 5.74) is 0.927. The number of hydrogen-bond donors (Lipinski definition) is 1. The largest absolute Gasteiger partial charge is 0.300 e. The molecule has 2 heterocycles. The standard InChI is InChI=1S/C15H16N6OS2/c1-10(2)13-18-19-15(24-13)17-12(22)8-23-14-16-9-21(20-14)11-6-4-3-5-7-11/h3-7,9-10H,8H2,1-2H3,(H,17,19,22). The summed E-state index contributed by atoms with van der Waals surface area (Å²) in [5.74, 6) is 0.367. The third-order valence-electron chi connectivity index (χ3n) is 3.00. The topological polar surface area (TPSA) is 85.6 Å². The molecule has 0 spiro atoms. The van der Waals surface area contributed by atoms with Crippen molar-refractivity contribution in [1.82, 2.24) is 25.0 Å². The highest BCUT2D eigenvalue weighted by Gasteiger charge is 2.12. The molecule has 0 bridgehead atoms. The zero-order chi connectivity index (χ0) is 16.9. The second-order valence-electron chi connectivity index (χ2n) is 5.24. The van der Waals surface area contributed by atoms with Gasteiger partial charge in [0.1, 0.15) is 11.3 Å². The second-order valence-corrected chi connectivity index (χ2v) is 7.20. The number of benzene rings is 1. The molecular formula is C15H16N6OS2. The molecule has 2 aromatic heterocycles. The smallest absolute Gasteiger partial charge is 0.236 e. The molecule has 0 saturated heterocycles. The molecule has 0 fully saturated rings. The normalized spacial score (nSPS) is 11.0. The Morgan fingerprint density at radius 2 is 2.08 bits per heavy atom. The Bertz CT molecular complexity index is 814. The van der Waals surface area contributed by atoms with Gasteiger partial charge < -0.3 is 0 Å². The van der Waals surface area contributed by atoms with E-state index in [-0.39, 0.29) is 11.7 Å². The molecule has 0 aliphatic carbocycles. The lowest BCUT2D eigenvalue weighted by Gasteiger charge is -1.99. The molecule has 1 amide bonds. The minimum Gasteiger partial charge on any atom is -0.300 e. The van der Waals surface area contributed by atoms with Crippen molar-refractivity contribution < 1.29 is 4.79 Å². The lowest BCUT2D eigenvalue weighted by molar-refractivity contribution is -0.113. The van der Waals surface area contributed by atoms with E-state index in [1.807, 2.05) is 44.2 Å². The fourth-order valence-corrected chi connectivity index (χ4v) is 3.18. The van der Waals surface area contributed by atoms with E-state index in [9.17, 15) is 4.79 Å². The number of rotatable bonds is 6. The first-order valence-corrected chi connectivity index (χ1v) is 9.15. The molecule has 7 nitrogen and oxygen atoms in total.